The SMILES string of the molecule is Cc1cc(Cl)cc2c1OC(C(F)(F)F)C(C(=O)OCCSSCCO[N+](=O)[O-])=C2. The number of carbonyl (C=O) groups is 1. The molecule has 1 aromatic carbocycles. The normalized spacial score (nSPS) is 15.8. The summed E-state index contributed by atoms with van der Waals surface area (Å²) < 4.78 is 50.2. The van der Waals surface area contributed by atoms with Crippen molar-refractivity contribution >= 4 is 45.2 Å². The molecule has 1 unspecified atom stereocenters. The number of ether oxygens (including phenoxy) is 2. The number of rotatable bonds is 9. The number of alkyl halides is 3. The fourth-order valence-electron chi connectivity index (χ4n) is 2.37. The van der Waals surface area contributed by atoms with Gasteiger partial charge in [-0.15, -0.1) is 10.1 Å². The Kier molecular flexibility index (Phi) is 8.34. The van der Waals surface area contributed by atoms with E-state index in [0.717, 1.165) is 6.08 Å². The lowest BCUT2D eigenvalue weighted by Gasteiger charge is -2.29. The summed E-state index contributed by atoms with van der Waals surface area (Å²) in [4.78, 5) is 26.3. The van der Waals surface area contributed by atoms with Crippen molar-refractivity contribution in [2.45, 2.75) is 19.2 Å². The molecule has 0 spiro atoms. The minimum atomic E-state index is -4.81. The fourth-order valence-corrected chi connectivity index (χ4v) is 4.30. The van der Waals surface area contributed by atoms with Crippen molar-refractivity contribution in [2.24, 2.45) is 0 Å². The molecule has 1 heterocycles. The maximum absolute atomic E-state index is 13.4. The summed E-state index contributed by atoms with van der Waals surface area (Å²) in [5.74, 6) is -0.526. The van der Waals surface area contributed by atoms with Gasteiger partial charge in [-0.3, -0.25) is 0 Å². The molecule has 0 aliphatic carbocycles. The molecule has 1 aliphatic rings. The van der Waals surface area contributed by atoms with E-state index < -0.39 is 28.9 Å². The van der Waals surface area contributed by atoms with E-state index in [1.54, 1.807) is 6.92 Å². The van der Waals surface area contributed by atoms with Crippen LogP contribution >= 0.6 is 33.2 Å². The Hall–Kier alpha value is -1.79. The van der Waals surface area contributed by atoms with Crippen LogP contribution in [0.4, 0.5) is 13.2 Å². The fraction of sp³-hybridized carbons (Fsp3) is 0.438. The number of hydrogen-bond acceptors (Lipinski definition) is 8. The van der Waals surface area contributed by atoms with Gasteiger partial charge in [0.15, 0.2) is 0 Å². The maximum atomic E-state index is 13.4. The number of fused-ring (bicyclic) bond motifs is 1. The molecule has 0 amide bonds. The van der Waals surface area contributed by atoms with Crippen molar-refractivity contribution in [1.82, 2.24) is 0 Å². The highest BCUT2D eigenvalue weighted by atomic mass is 35.5. The molecular formula is C16H15ClF3NO6S2. The molecule has 0 radical (unpaired) electrons. The van der Waals surface area contributed by atoms with E-state index in [-0.39, 0.29) is 30.3 Å². The Morgan fingerprint density at radius 3 is 2.59 bits per heavy atom. The zero-order chi connectivity index (χ0) is 21.6. The first kappa shape index (κ1) is 23.5. The third kappa shape index (κ3) is 6.89. The van der Waals surface area contributed by atoms with Gasteiger partial charge in [0.25, 0.3) is 5.09 Å². The Balaban J connectivity index is 1.97. The second-order valence-corrected chi connectivity index (χ2v) is 8.76. The molecular weight excluding hydrogens is 459 g/mol. The van der Waals surface area contributed by atoms with Crippen LogP contribution in [-0.4, -0.2) is 48.1 Å². The summed E-state index contributed by atoms with van der Waals surface area (Å²) in [6, 6.07) is 2.87. The van der Waals surface area contributed by atoms with Gasteiger partial charge in [-0.05, 0) is 30.7 Å². The Morgan fingerprint density at radius 1 is 1.31 bits per heavy atom. The van der Waals surface area contributed by atoms with Crippen LogP contribution in [0.15, 0.2) is 17.7 Å². The summed E-state index contributed by atoms with van der Waals surface area (Å²) in [6.45, 7) is 1.32. The van der Waals surface area contributed by atoms with E-state index in [0.29, 0.717) is 16.3 Å². The molecule has 7 nitrogen and oxygen atoms in total. The first-order valence-electron chi connectivity index (χ1n) is 8.03. The first-order chi connectivity index (χ1) is 13.6. The molecule has 1 atom stereocenters. The van der Waals surface area contributed by atoms with E-state index in [4.69, 9.17) is 21.1 Å². The smallest absolute Gasteiger partial charge is 0.430 e. The van der Waals surface area contributed by atoms with E-state index in [9.17, 15) is 28.1 Å². The topological polar surface area (TPSA) is 87.9 Å². The molecule has 0 fully saturated rings. The molecule has 0 bridgehead atoms. The summed E-state index contributed by atoms with van der Waals surface area (Å²) >= 11 is 5.93. The van der Waals surface area contributed by atoms with Crippen LogP contribution in [-0.2, 0) is 14.4 Å². The van der Waals surface area contributed by atoms with E-state index >= 15 is 0 Å². The van der Waals surface area contributed by atoms with Gasteiger partial charge in [-0.1, -0.05) is 33.2 Å². The Labute approximate surface area is 176 Å². The van der Waals surface area contributed by atoms with Crippen LogP contribution < -0.4 is 4.74 Å². The predicted octanol–water partition coefficient (Wildman–Crippen LogP) is 4.49. The third-order valence-corrected chi connectivity index (χ3v) is 6.03. The Morgan fingerprint density at radius 2 is 1.97 bits per heavy atom. The summed E-state index contributed by atoms with van der Waals surface area (Å²) in [6.07, 6.45) is -6.17. The molecule has 0 aromatic heterocycles. The minimum absolute atomic E-state index is 0.0113. The number of nitrogens with zero attached hydrogens (tertiary/aromatic N) is 1. The van der Waals surface area contributed by atoms with Gasteiger partial charge in [0, 0.05) is 22.1 Å². The van der Waals surface area contributed by atoms with Gasteiger partial charge in [-0.25, -0.2) is 4.79 Å². The molecule has 0 N–H and O–H groups in total. The molecule has 29 heavy (non-hydrogen) atoms. The van der Waals surface area contributed by atoms with E-state index in [2.05, 4.69) is 4.84 Å². The van der Waals surface area contributed by atoms with Gasteiger partial charge in [0.2, 0.25) is 6.10 Å². The molecule has 1 aliphatic heterocycles. The molecule has 0 saturated carbocycles. The molecule has 160 valence electrons. The summed E-state index contributed by atoms with van der Waals surface area (Å²) in [5.41, 5.74) is 0.0155. The molecule has 1 aromatic rings. The third-order valence-electron chi connectivity index (χ3n) is 3.48. The van der Waals surface area contributed by atoms with Crippen molar-refractivity contribution in [3.05, 3.63) is 44.0 Å². The van der Waals surface area contributed by atoms with Gasteiger partial charge in [-0.2, -0.15) is 13.2 Å². The van der Waals surface area contributed by atoms with Gasteiger partial charge >= 0.3 is 12.1 Å². The van der Waals surface area contributed by atoms with Gasteiger partial charge in [0.05, 0.1) is 5.57 Å². The lowest BCUT2D eigenvalue weighted by molar-refractivity contribution is -0.756. The van der Waals surface area contributed by atoms with Crippen LogP contribution in [0.1, 0.15) is 11.1 Å². The monoisotopic (exact) mass is 473 g/mol. The average molecular weight is 474 g/mol. The maximum Gasteiger partial charge on any atom is 0.430 e. The highest BCUT2D eigenvalue weighted by molar-refractivity contribution is 8.76. The van der Waals surface area contributed by atoms with Crippen molar-refractivity contribution in [2.75, 3.05) is 24.7 Å². The quantitative estimate of drug-likeness (QED) is 0.170. The number of hydrogen-bond donors (Lipinski definition) is 0. The second-order valence-electron chi connectivity index (χ2n) is 5.62. The van der Waals surface area contributed by atoms with Crippen molar-refractivity contribution in [3.63, 3.8) is 0 Å². The van der Waals surface area contributed by atoms with Gasteiger partial charge in [0.1, 0.15) is 19.0 Å². The number of carbonyl (C=O) groups excluding carboxylic acids is 1. The number of benzene rings is 1. The minimum Gasteiger partial charge on any atom is -0.475 e. The highest BCUT2D eigenvalue weighted by Gasteiger charge is 2.49. The van der Waals surface area contributed by atoms with Crippen molar-refractivity contribution < 1.29 is 37.4 Å². The van der Waals surface area contributed by atoms with Crippen LogP contribution in [0.25, 0.3) is 6.08 Å². The zero-order valence-electron chi connectivity index (χ0n) is 14.9. The van der Waals surface area contributed by atoms with Crippen molar-refractivity contribution in [1.29, 1.82) is 0 Å². The average Bonchev–Trinajstić information content (AvgIpc) is 2.61. The van der Waals surface area contributed by atoms with Crippen LogP contribution in [0, 0.1) is 17.0 Å². The van der Waals surface area contributed by atoms with Crippen LogP contribution in [0.2, 0.25) is 5.02 Å². The predicted molar refractivity (Wildman–Crippen MR) is 103 cm³/mol. The van der Waals surface area contributed by atoms with E-state index in [1.165, 1.54) is 33.7 Å². The lowest BCUT2D eigenvalue weighted by Crippen LogP contribution is -2.41. The molecule has 0 saturated heterocycles. The molecule has 2 rings (SSSR count). The standard InChI is InChI=1S/C16H15ClF3NO6S2/c1-9-6-11(17)7-10-8-12(14(16(18,19)20)27-13(9)10)15(22)25-2-4-28-29-5-3-26-21(23)24/h6-8,14H,2-5H2,1H3. The number of halogens is 4. The first-order valence-corrected chi connectivity index (χ1v) is 10.9. The van der Waals surface area contributed by atoms with Gasteiger partial charge < -0.3 is 14.3 Å². The zero-order valence-corrected chi connectivity index (χ0v) is 17.3. The highest BCUT2D eigenvalue weighted by Crippen LogP contribution is 2.40. The largest absolute Gasteiger partial charge is 0.475 e. The summed E-state index contributed by atoms with van der Waals surface area (Å²) in [7, 11) is 2.48. The van der Waals surface area contributed by atoms with Crippen LogP contribution in [0.3, 0.4) is 0 Å². The van der Waals surface area contributed by atoms with Crippen molar-refractivity contribution in [3.8, 4) is 5.75 Å². The summed E-state index contributed by atoms with van der Waals surface area (Å²) in [5, 5.41) is 9.37. The van der Waals surface area contributed by atoms with Crippen LogP contribution in [0.5, 0.6) is 5.75 Å². The van der Waals surface area contributed by atoms with E-state index in [1.807, 2.05) is 0 Å². The Bertz CT molecular complexity index is 806. The molecule has 13 heteroatoms. The second kappa shape index (κ2) is 10.3. The lowest BCUT2D eigenvalue weighted by atomic mass is 9.99. The number of aryl methyl sites for hydroxylation is 1. The number of esters is 1.